The Kier molecular flexibility index (Phi) is 15.6. The average Bonchev–Trinajstić information content (AvgIpc) is 3.37. The molecule has 1 aromatic rings. The standard InChI is InChI=1S/C40H73NO6SSi2/c1-26(18-17-19-30-20-21-31(30)23-33(42)27(2)22-32-25-48-29(4)41-32)36(47-50(15,16)39(8,9)10)28(3)37(45)40(11,12)34(24-35(43)44)46-49(13,14)38(5,6)7/h22,25-26,28,30-31,33-34,36,42H,17-21,23-24H2,1-16H3,(H,43,44)/b27-22+/t26-,28+,30+,31-,33-,34-,36-/m0/s1. The zero-order valence-electron chi connectivity index (χ0n) is 34.5. The highest BCUT2D eigenvalue weighted by Gasteiger charge is 2.50. The lowest BCUT2D eigenvalue weighted by atomic mass is 9.68. The van der Waals surface area contributed by atoms with Crippen molar-refractivity contribution in [3.8, 4) is 0 Å². The fourth-order valence-electron chi connectivity index (χ4n) is 6.70. The van der Waals surface area contributed by atoms with E-state index in [4.69, 9.17) is 8.85 Å². The van der Waals surface area contributed by atoms with E-state index in [2.05, 4.69) is 79.6 Å². The van der Waals surface area contributed by atoms with E-state index in [9.17, 15) is 19.8 Å². The molecule has 0 radical (unpaired) electrons. The summed E-state index contributed by atoms with van der Waals surface area (Å²) in [7, 11) is -4.61. The first kappa shape index (κ1) is 45.0. The number of nitrogens with zero attached hydrogens (tertiary/aromatic N) is 1. The van der Waals surface area contributed by atoms with Crippen LogP contribution in [0.25, 0.3) is 6.08 Å². The first-order chi connectivity index (χ1) is 22.6. The highest BCUT2D eigenvalue weighted by atomic mass is 32.1. The molecule has 7 atom stereocenters. The smallest absolute Gasteiger partial charge is 0.305 e. The number of ketones is 1. The molecule has 1 aliphatic rings. The number of carboxylic acid groups (broad SMARTS) is 1. The minimum Gasteiger partial charge on any atom is -0.481 e. The average molecular weight is 752 g/mol. The largest absolute Gasteiger partial charge is 0.481 e. The number of aliphatic hydroxyl groups excluding tert-OH is 1. The van der Waals surface area contributed by atoms with Crippen molar-refractivity contribution >= 4 is 45.8 Å². The fourth-order valence-corrected chi connectivity index (χ4v) is 10.2. The predicted octanol–water partition coefficient (Wildman–Crippen LogP) is 10.9. The molecule has 1 fully saturated rings. The van der Waals surface area contributed by atoms with E-state index in [-0.39, 0.29) is 34.3 Å². The lowest BCUT2D eigenvalue weighted by molar-refractivity contribution is -0.146. The molecule has 2 N–H and O–H groups in total. The first-order valence-corrected chi connectivity index (χ1v) is 25.7. The number of hydrogen-bond donors (Lipinski definition) is 2. The SMILES string of the molecule is C/C(=C\c1csc(C)n1)[C@@H](O)C[C@@H]1CC[C@H]1CCC[C@H](C)[C@H](O[Si](C)(C)C(C)(C)C)[C@@H](C)C(=O)C(C)(C)[C@H](CC(=O)O)O[Si](C)(C)C(C)(C)C. The lowest BCUT2D eigenvalue weighted by Crippen LogP contribution is -2.54. The molecular weight excluding hydrogens is 679 g/mol. The highest BCUT2D eigenvalue weighted by molar-refractivity contribution is 7.09. The molecule has 288 valence electrons. The van der Waals surface area contributed by atoms with Crippen LogP contribution in [0.2, 0.25) is 36.3 Å². The van der Waals surface area contributed by atoms with Crippen molar-refractivity contribution in [2.24, 2.45) is 29.1 Å². The van der Waals surface area contributed by atoms with Gasteiger partial charge >= 0.3 is 5.97 Å². The van der Waals surface area contributed by atoms with Crippen molar-refractivity contribution in [2.45, 2.75) is 183 Å². The van der Waals surface area contributed by atoms with Gasteiger partial charge in [-0.25, -0.2) is 4.98 Å². The molecule has 1 aliphatic carbocycles. The zero-order chi connectivity index (χ0) is 38.6. The van der Waals surface area contributed by atoms with E-state index >= 15 is 0 Å². The maximum atomic E-state index is 14.6. The Labute approximate surface area is 311 Å². The van der Waals surface area contributed by atoms with E-state index in [0.29, 0.717) is 11.8 Å². The molecule has 1 saturated carbocycles. The van der Waals surface area contributed by atoms with Crippen molar-refractivity contribution in [2.75, 3.05) is 0 Å². The number of carboxylic acids is 1. The number of thiazole rings is 1. The van der Waals surface area contributed by atoms with Crippen molar-refractivity contribution in [1.29, 1.82) is 0 Å². The van der Waals surface area contributed by atoms with Gasteiger partial charge in [0.25, 0.3) is 0 Å². The van der Waals surface area contributed by atoms with Crippen LogP contribution in [0, 0.1) is 36.0 Å². The molecule has 0 aromatic carbocycles. The van der Waals surface area contributed by atoms with Crippen LogP contribution in [0.15, 0.2) is 11.0 Å². The van der Waals surface area contributed by atoms with Gasteiger partial charge in [0, 0.05) is 16.7 Å². The van der Waals surface area contributed by atoms with Crippen molar-refractivity contribution < 1.29 is 28.7 Å². The van der Waals surface area contributed by atoms with E-state index in [1.54, 1.807) is 11.3 Å². The number of aliphatic carboxylic acids is 1. The summed E-state index contributed by atoms with van der Waals surface area (Å²) >= 11 is 1.63. The van der Waals surface area contributed by atoms with E-state index < -0.39 is 46.1 Å². The Hall–Kier alpha value is -1.18. The van der Waals surface area contributed by atoms with Crippen LogP contribution in [0.1, 0.15) is 132 Å². The summed E-state index contributed by atoms with van der Waals surface area (Å²) in [4.78, 5) is 31.2. The van der Waals surface area contributed by atoms with E-state index in [1.807, 2.05) is 46.1 Å². The number of aliphatic hydroxyl groups is 1. The molecule has 10 heteroatoms. The molecule has 0 unspecified atom stereocenters. The minimum atomic E-state index is -2.36. The van der Waals surface area contributed by atoms with Crippen LogP contribution in [0.4, 0.5) is 0 Å². The molecule has 2 rings (SSSR count). The number of hydrogen-bond acceptors (Lipinski definition) is 7. The molecule has 0 spiro atoms. The van der Waals surface area contributed by atoms with Crippen LogP contribution < -0.4 is 0 Å². The molecule has 1 aromatic heterocycles. The van der Waals surface area contributed by atoms with Gasteiger partial charge in [0.2, 0.25) is 0 Å². The topological polar surface area (TPSA) is 106 Å². The Morgan fingerprint density at radius 2 is 1.52 bits per heavy atom. The predicted molar refractivity (Wildman–Crippen MR) is 215 cm³/mol. The Bertz CT molecular complexity index is 1310. The molecule has 1 heterocycles. The van der Waals surface area contributed by atoms with E-state index in [1.165, 1.54) is 6.42 Å². The number of aryl methyl sites for hydroxylation is 1. The van der Waals surface area contributed by atoms with Gasteiger partial charge in [-0.1, -0.05) is 82.1 Å². The van der Waals surface area contributed by atoms with Gasteiger partial charge in [-0.3, -0.25) is 9.59 Å². The Morgan fingerprint density at radius 3 is 1.98 bits per heavy atom. The summed E-state index contributed by atoms with van der Waals surface area (Å²) in [6.45, 7) is 33.8. The van der Waals surface area contributed by atoms with Gasteiger partial charge in [0.1, 0.15) is 5.78 Å². The third kappa shape index (κ3) is 11.9. The number of Topliss-reactive ketones (excluding diaryl/α,β-unsaturated/α-hetero) is 1. The summed E-state index contributed by atoms with van der Waals surface area (Å²) in [5.74, 6) is -0.0820. The molecule has 50 heavy (non-hydrogen) atoms. The van der Waals surface area contributed by atoms with Gasteiger partial charge in [0.05, 0.1) is 35.4 Å². The normalized spacial score (nSPS) is 21.3. The van der Waals surface area contributed by atoms with Crippen LogP contribution in [-0.4, -0.2) is 61.9 Å². The molecule has 0 saturated heterocycles. The van der Waals surface area contributed by atoms with Crippen molar-refractivity contribution in [3.63, 3.8) is 0 Å². The van der Waals surface area contributed by atoms with Gasteiger partial charge in [0.15, 0.2) is 16.6 Å². The summed E-state index contributed by atoms with van der Waals surface area (Å²) in [5, 5.41) is 23.8. The number of carbonyl (C=O) groups is 2. The Balaban J connectivity index is 2.21. The summed E-state index contributed by atoms with van der Waals surface area (Å²) in [6, 6.07) is 0. The third-order valence-electron chi connectivity index (χ3n) is 12.6. The maximum absolute atomic E-state index is 14.6. The van der Waals surface area contributed by atoms with Crippen LogP contribution in [0.3, 0.4) is 0 Å². The van der Waals surface area contributed by atoms with Gasteiger partial charge < -0.3 is 19.1 Å². The second kappa shape index (κ2) is 17.3. The molecule has 7 nitrogen and oxygen atoms in total. The minimum absolute atomic E-state index is 0.0160. The van der Waals surface area contributed by atoms with Crippen molar-refractivity contribution in [3.05, 3.63) is 21.7 Å². The molecule has 0 aliphatic heterocycles. The summed E-state index contributed by atoms with van der Waals surface area (Å²) in [6.07, 6.45) is 6.60. The monoisotopic (exact) mass is 751 g/mol. The molecule has 0 bridgehead atoms. The van der Waals surface area contributed by atoms with E-state index in [0.717, 1.165) is 48.4 Å². The second-order valence-electron chi connectivity index (χ2n) is 19.1. The number of rotatable bonds is 19. The van der Waals surface area contributed by atoms with Crippen LogP contribution in [0.5, 0.6) is 0 Å². The maximum Gasteiger partial charge on any atom is 0.305 e. The third-order valence-corrected chi connectivity index (χ3v) is 22.4. The molecular formula is C40H73NO6SSi2. The quantitative estimate of drug-likeness (QED) is 0.136. The first-order valence-electron chi connectivity index (χ1n) is 19.0. The number of carbonyl (C=O) groups excluding carboxylic acids is 1. The fraction of sp³-hybridized carbons (Fsp3) is 0.825. The summed E-state index contributed by atoms with van der Waals surface area (Å²) in [5.41, 5.74) is 0.892. The Morgan fingerprint density at radius 1 is 0.980 bits per heavy atom. The number of aromatic nitrogens is 1. The van der Waals surface area contributed by atoms with Crippen LogP contribution >= 0.6 is 11.3 Å². The lowest BCUT2D eigenvalue weighted by Gasteiger charge is -2.46. The van der Waals surface area contributed by atoms with Gasteiger partial charge in [-0.05, 0) is 105 Å². The second-order valence-corrected chi connectivity index (χ2v) is 29.7. The highest BCUT2D eigenvalue weighted by Crippen LogP contribution is 2.45. The van der Waals surface area contributed by atoms with Crippen LogP contribution in [-0.2, 0) is 18.4 Å². The van der Waals surface area contributed by atoms with Gasteiger partial charge in [-0.15, -0.1) is 11.3 Å². The van der Waals surface area contributed by atoms with Crippen molar-refractivity contribution in [1.82, 2.24) is 4.98 Å². The zero-order valence-corrected chi connectivity index (χ0v) is 37.3. The summed E-state index contributed by atoms with van der Waals surface area (Å²) < 4.78 is 13.9. The van der Waals surface area contributed by atoms with Gasteiger partial charge in [-0.2, -0.15) is 0 Å². The molecule has 0 amide bonds.